The van der Waals surface area contributed by atoms with E-state index in [0.717, 1.165) is 12.3 Å². The second-order valence-electron chi connectivity index (χ2n) is 5.86. The van der Waals surface area contributed by atoms with E-state index in [9.17, 15) is 0 Å². The number of nitrogens with one attached hydrogen (secondary N) is 1. The zero-order chi connectivity index (χ0) is 13.7. The maximum Gasteiger partial charge on any atom is 0.0490 e. The van der Waals surface area contributed by atoms with E-state index in [1.165, 1.54) is 43.2 Å². The van der Waals surface area contributed by atoms with Gasteiger partial charge >= 0.3 is 0 Å². The summed E-state index contributed by atoms with van der Waals surface area (Å²) in [5.74, 6) is 7.38. The van der Waals surface area contributed by atoms with Crippen LogP contribution >= 0.6 is 0 Å². The molecule has 1 aromatic rings. The lowest BCUT2D eigenvalue weighted by Crippen LogP contribution is -2.38. The summed E-state index contributed by atoms with van der Waals surface area (Å²) in [6, 6.07) is 9.30. The summed E-state index contributed by atoms with van der Waals surface area (Å²) in [6.07, 6.45) is 7.79. The highest BCUT2D eigenvalue weighted by atomic mass is 15.2. The molecule has 0 spiro atoms. The smallest absolute Gasteiger partial charge is 0.0490 e. The Morgan fingerprint density at radius 1 is 1.16 bits per heavy atom. The largest absolute Gasteiger partial charge is 0.271 e. The average molecular weight is 260 g/mol. The van der Waals surface area contributed by atoms with Crippen molar-refractivity contribution in [2.24, 2.45) is 17.7 Å². The van der Waals surface area contributed by atoms with Gasteiger partial charge in [-0.25, -0.2) is 0 Å². The van der Waals surface area contributed by atoms with Crippen LogP contribution in [0.25, 0.3) is 0 Å². The van der Waals surface area contributed by atoms with Crippen LogP contribution < -0.4 is 11.3 Å². The van der Waals surface area contributed by atoms with Crippen LogP contribution in [0.5, 0.6) is 0 Å². The van der Waals surface area contributed by atoms with Crippen LogP contribution in [0, 0.1) is 11.8 Å². The lowest BCUT2D eigenvalue weighted by Gasteiger charge is -2.36. The van der Waals surface area contributed by atoms with E-state index in [4.69, 9.17) is 5.84 Å². The third kappa shape index (κ3) is 3.37. The molecule has 2 rings (SSSR count). The quantitative estimate of drug-likeness (QED) is 0.621. The van der Waals surface area contributed by atoms with E-state index < -0.39 is 0 Å². The van der Waals surface area contributed by atoms with Crippen molar-refractivity contribution in [2.45, 2.75) is 58.4 Å². The maximum atomic E-state index is 5.87. The van der Waals surface area contributed by atoms with Gasteiger partial charge in [0.1, 0.15) is 0 Å². The van der Waals surface area contributed by atoms with Crippen LogP contribution in [0.3, 0.4) is 0 Å². The molecule has 0 bridgehead atoms. The number of rotatable bonds is 5. The predicted molar refractivity (Wildman–Crippen MR) is 81.6 cm³/mol. The molecule has 3 unspecified atom stereocenters. The molecule has 2 heteroatoms. The number of hydrazine groups is 1. The van der Waals surface area contributed by atoms with Gasteiger partial charge in [0, 0.05) is 6.04 Å². The van der Waals surface area contributed by atoms with Crippen LogP contribution in [0.1, 0.15) is 63.1 Å². The number of aryl methyl sites for hydroxylation is 1. The Morgan fingerprint density at radius 3 is 2.42 bits per heavy atom. The lowest BCUT2D eigenvalue weighted by atomic mass is 9.72. The molecule has 0 aromatic heterocycles. The van der Waals surface area contributed by atoms with Gasteiger partial charge in [0.25, 0.3) is 0 Å². The fourth-order valence-corrected chi connectivity index (χ4v) is 3.61. The Balaban J connectivity index is 2.17. The van der Waals surface area contributed by atoms with Crippen molar-refractivity contribution in [3.05, 3.63) is 35.4 Å². The van der Waals surface area contributed by atoms with Crippen LogP contribution in [0.4, 0.5) is 0 Å². The van der Waals surface area contributed by atoms with Gasteiger partial charge < -0.3 is 0 Å². The number of hydrogen-bond acceptors (Lipinski definition) is 2. The second kappa shape index (κ2) is 7.06. The predicted octanol–water partition coefficient (Wildman–Crippen LogP) is 3.97. The van der Waals surface area contributed by atoms with Gasteiger partial charge in [-0.3, -0.25) is 11.3 Å². The van der Waals surface area contributed by atoms with Crippen molar-refractivity contribution in [2.75, 3.05) is 0 Å². The van der Waals surface area contributed by atoms with Crippen molar-refractivity contribution in [1.29, 1.82) is 0 Å². The summed E-state index contributed by atoms with van der Waals surface area (Å²) >= 11 is 0. The number of benzene rings is 1. The normalized spacial score (nSPS) is 25.2. The Hall–Kier alpha value is -0.860. The van der Waals surface area contributed by atoms with Crippen LogP contribution in [-0.4, -0.2) is 0 Å². The monoisotopic (exact) mass is 260 g/mol. The molecule has 1 aromatic carbocycles. The molecule has 1 aliphatic carbocycles. The molecule has 0 radical (unpaired) electrons. The summed E-state index contributed by atoms with van der Waals surface area (Å²) in [7, 11) is 0. The van der Waals surface area contributed by atoms with Gasteiger partial charge in [-0.05, 0) is 35.8 Å². The van der Waals surface area contributed by atoms with E-state index in [-0.39, 0.29) is 0 Å². The van der Waals surface area contributed by atoms with E-state index in [0.29, 0.717) is 12.0 Å². The molecule has 0 amide bonds. The first-order valence-electron chi connectivity index (χ1n) is 7.85. The standard InChI is InChI=1S/C17H28N2/c1-3-13-9-11-15(12-10-13)17(19-18)16-8-6-5-7-14(16)4-2/h9-12,14,16-17,19H,3-8,18H2,1-2H3. The minimum absolute atomic E-state index is 0.316. The molecule has 1 saturated carbocycles. The van der Waals surface area contributed by atoms with Crippen LogP contribution in [-0.2, 0) is 6.42 Å². The zero-order valence-electron chi connectivity index (χ0n) is 12.4. The van der Waals surface area contributed by atoms with Crippen molar-refractivity contribution in [3.8, 4) is 0 Å². The Morgan fingerprint density at radius 2 is 1.84 bits per heavy atom. The number of nitrogens with two attached hydrogens (primary N) is 1. The van der Waals surface area contributed by atoms with E-state index in [2.05, 4.69) is 43.5 Å². The first-order valence-corrected chi connectivity index (χ1v) is 7.85. The molecule has 0 aliphatic heterocycles. The fraction of sp³-hybridized carbons (Fsp3) is 0.647. The van der Waals surface area contributed by atoms with Crippen molar-refractivity contribution in [1.82, 2.24) is 5.43 Å². The summed E-state index contributed by atoms with van der Waals surface area (Å²) in [5, 5.41) is 0. The lowest BCUT2D eigenvalue weighted by molar-refractivity contribution is 0.176. The summed E-state index contributed by atoms with van der Waals surface area (Å²) in [6.45, 7) is 4.51. The topological polar surface area (TPSA) is 38.0 Å². The van der Waals surface area contributed by atoms with Gasteiger partial charge in [-0.15, -0.1) is 0 Å². The Kier molecular flexibility index (Phi) is 5.41. The van der Waals surface area contributed by atoms with E-state index in [1.807, 2.05) is 0 Å². The molecule has 0 heterocycles. The molecule has 1 aliphatic rings. The third-order valence-electron chi connectivity index (χ3n) is 4.85. The van der Waals surface area contributed by atoms with Crippen LogP contribution in [0.2, 0.25) is 0 Å². The van der Waals surface area contributed by atoms with E-state index >= 15 is 0 Å². The van der Waals surface area contributed by atoms with Gasteiger partial charge in [0.05, 0.1) is 0 Å². The first kappa shape index (κ1) is 14.5. The fourth-order valence-electron chi connectivity index (χ4n) is 3.61. The SMILES string of the molecule is CCc1ccc(C(NN)C2CCCCC2CC)cc1. The van der Waals surface area contributed by atoms with Gasteiger partial charge in [0.2, 0.25) is 0 Å². The minimum atomic E-state index is 0.316. The zero-order valence-corrected chi connectivity index (χ0v) is 12.4. The summed E-state index contributed by atoms with van der Waals surface area (Å²) in [4.78, 5) is 0. The highest BCUT2D eigenvalue weighted by Crippen LogP contribution is 2.39. The Labute approximate surface area is 117 Å². The summed E-state index contributed by atoms with van der Waals surface area (Å²) in [5.41, 5.74) is 5.84. The molecule has 3 atom stereocenters. The molecular formula is C17H28N2. The summed E-state index contributed by atoms with van der Waals surface area (Å²) < 4.78 is 0. The minimum Gasteiger partial charge on any atom is -0.271 e. The Bertz CT molecular complexity index is 371. The van der Waals surface area contributed by atoms with Crippen LogP contribution in [0.15, 0.2) is 24.3 Å². The molecule has 0 saturated heterocycles. The molecule has 19 heavy (non-hydrogen) atoms. The average Bonchev–Trinajstić information content (AvgIpc) is 2.49. The van der Waals surface area contributed by atoms with Gasteiger partial charge in [-0.1, -0.05) is 63.8 Å². The highest BCUT2D eigenvalue weighted by molar-refractivity contribution is 5.25. The molecule has 2 nitrogen and oxygen atoms in total. The maximum absolute atomic E-state index is 5.87. The molecule has 106 valence electrons. The second-order valence-corrected chi connectivity index (χ2v) is 5.86. The van der Waals surface area contributed by atoms with Gasteiger partial charge in [0.15, 0.2) is 0 Å². The third-order valence-corrected chi connectivity index (χ3v) is 4.85. The molecular weight excluding hydrogens is 232 g/mol. The van der Waals surface area contributed by atoms with Crippen molar-refractivity contribution in [3.63, 3.8) is 0 Å². The van der Waals surface area contributed by atoms with Crippen molar-refractivity contribution < 1.29 is 0 Å². The first-order chi connectivity index (χ1) is 9.30. The molecule has 3 N–H and O–H groups in total. The molecule has 1 fully saturated rings. The van der Waals surface area contributed by atoms with Crippen molar-refractivity contribution >= 4 is 0 Å². The van der Waals surface area contributed by atoms with E-state index in [1.54, 1.807) is 0 Å². The van der Waals surface area contributed by atoms with Gasteiger partial charge in [-0.2, -0.15) is 0 Å². The highest BCUT2D eigenvalue weighted by Gasteiger charge is 2.31. The number of hydrogen-bond donors (Lipinski definition) is 2.